The molecule has 0 bridgehead atoms. The largest absolute Gasteiger partial charge is 0.272 e. The molecule has 3 rings (SSSR count). The van der Waals surface area contributed by atoms with Crippen molar-refractivity contribution in [2.24, 2.45) is 5.10 Å². The first-order valence-corrected chi connectivity index (χ1v) is 11.9. The number of hydrogen-bond donors (Lipinski definition) is 1. The number of sulfonamides is 1. The molecule has 6 nitrogen and oxygen atoms in total. The average Bonchev–Trinajstić information content (AvgIpc) is 2.77. The van der Waals surface area contributed by atoms with E-state index in [-0.39, 0.29) is 18.0 Å². The first-order valence-electron chi connectivity index (χ1n) is 9.72. The molecular weight excluding hydrogens is 469 g/mol. The number of hydrazone groups is 1. The summed E-state index contributed by atoms with van der Waals surface area (Å²) in [5, 5.41) is 4.87. The van der Waals surface area contributed by atoms with Crippen molar-refractivity contribution in [3.63, 3.8) is 0 Å². The van der Waals surface area contributed by atoms with E-state index in [2.05, 4.69) is 10.5 Å². The lowest BCUT2D eigenvalue weighted by atomic mass is 10.1. The summed E-state index contributed by atoms with van der Waals surface area (Å²) in [7, 11) is -3.92. The SMILES string of the molecule is O=C(CN(CCc1ccccc1)S(=O)(=O)c1ccc(Cl)cc1)N/N=C\c1cccc(Cl)c1. The van der Waals surface area contributed by atoms with Crippen LogP contribution in [-0.2, 0) is 21.2 Å². The second-order valence-corrected chi connectivity index (χ2v) is 9.69. The third-order valence-electron chi connectivity index (χ3n) is 4.52. The molecule has 3 aromatic rings. The summed E-state index contributed by atoms with van der Waals surface area (Å²) in [6, 6.07) is 22.2. The number of halogens is 2. The van der Waals surface area contributed by atoms with Crippen LogP contribution in [0.3, 0.4) is 0 Å². The second-order valence-electron chi connectivity index (χ2n) is 6.88. The van der Waals surface area contributed by atoms with Crippen LogP contribution in [0.2, 0.25) is 10.0 Å². The van der Waals surface area contributed by atoms with Gasteiger partial charge in [0.1, 0.15) is 0 Å². The normalized spacial score (nSPS) is 11.7. The Kier molecular flexibility index (Phi) is 8.41. The zero-order valence-electron chi connectivity index (χ0n) is 17.0. The van der Waals surface area contributed by atoms with Crippen LogP contribution in [0.1, 0.15) is 11.1 Å². The quantitative estimate of drug-likeness (QED) is 0.357. The average molecular weight is 490 g/mol. The molecule has 0 aliphatic heterocycles. The predicted molar refractivity (Wildman–Crippen MR) is 128 cm³/mol. The molecule has 0 aromatic heterocycles. The van der Waals surface area contributed by atoms with Gasteiger partial charge >= 0.3 is 0 Å². The zero-order chi connectivity index (χ0) is 23.0. The highest BCUT2D eigenvalue weighted by Crippen LogP contribution is 2.19. The molecule has 166 valence electrons. The highest BCUT2D eigenvalue weighted by molar-refractivity contribution is 7.89. The van der Waals surface area contributed by atoms with Gasteiger partial charge in [-0.15, -0.1) is 0 Å². The minimum Gasteiger partial charge on any atom is -0.272 e. The fraction of sp³-hybridized carbons (Fsp3) is 0.130. The highest BCUT2D eigenvalue weighted by atomic mass is 35.5. The first-order chi connectivity index (χ1) is 15.3. The van der Waals surface area contributed by atoms with Crippen LogP contribution >= 0.6 is 23.2 Å². The van der Waals surface area contributed by atoms with Gasteiger partial charge in [0.15, 0.2) is 0 Å². The summed E-state index contributed by atoms with van der Waals surface area (Å²) in [5.74, 6) is -0.561. The van der Waals surface area contributed by atoms with E-state index in [4.69, 9.17) is 23.2 Å². The van der Waals surface area contributed by atoms with Gasteiger partial charge < -0.3 is 0 Å². The monoisotopic (exact) mass is 489 g/mol. The van der Waals surface area contributed by atoms with E-state index in [9.17, 15) is 13.2 Å². The summed E-state index contributed by atoms with van der Waals surface area (Å²) in [6.45, 7) is -0.259. The van der Waals surface area contributed by atoms with Crippen molar-refractivity contribution in [3.8, 4) is 0 Å². The van der Waals surface area contributed by atoms with Crippen LogP contribution in [0.15, 0.2) is 88.9 Å². The lowest BCUT2D eigenvalue weighted by molar-refractivity contribution is -0.121. The molecule has 0 spiro atoms. The molecule has 0 unspecified atom stereocenters. The summed E-state index contributed by atoms with van der Waals surface area (Å²) >= 11 is 11.8. The fourth-order valence-electron chi connectivity index (χ4n) is 2.90. The molecule has 0 fully saturated rings. The Bertz CT molecular complexity index is 1180. The van der Waals surface area contributed by atoms with E-state index in [1.807, 2.05) is 30.3 Å². The van der Waals surface area contributed by atoms with E-state index >= 15 is 0 Å². The van der Waals surface area contributed by atoms with Crippen molar-refractivity contribution in [2.75, 3.05) is 13.1 Å². The standard InChI is InChI=1S/C23H21Cl2N3O3S/c24-20-9-11-22(12-10-20)32(30,31)28(14-13-18-5-2-1-3-6-18)17-23(29)27-26-16-19-7-4-8-21(25)15-19/h1-12,15-16H,13-14,17H2,(H,27,29)/b26-16-. The van der Waals surface area contributed by atoms with Crippen molar-refractivity contribution in [1.29, 1.82) is 0 Å². The Morgan fingerprint density at radius 2 is 1.66 bits per heavy atom. The smallest absolute Gasteiger partial charge is 0.255 e. The predicted octanol–water partition coefficient (Wildman–Crippen LogP) is 4.38. The van der Waals surface area contributed by atoms with Gasteiger partial charge in [-0.1, -0.05) is 65.7 Å². The van der Waals surface area contributed by atoms with Crippen LogP contribution in [-0.4, -0.2) is 37.9 Å². The number of hydrogen-bond acceptors (Lipinski definition) is 4. The second kappa shape index (κ2) is 11.2. The molecule has 0 aliphatic rings. The third kappa shape index (κ3) is 6.90. The summed E-state index contributed by atoms with van der Waals surface area (Å²) < 4.78 is 27.5. The van der Waals surface area contributed by atoms with E-state index in [1.54, 1.807) is 24.3 Å². The summed E-state index contributed by atoms with van der Waals surface area (Å²) in [4.78, 5) is 12.5. The van der Waals surface area contributed by atoms with Gasteiger partial charge in [-0.3, -0.25) is 4.79 Å². The van der Waals surface area contributed by atoms with Crippen molar-refractivity contribution in [1.82, 2.24) is 9.73 Å². The number of nitrogens with one attached hydrogen (secondary N) is 1. The molecule has 9 heteroatoms. The number of benzene rings is 3. The van der Waals surface area contributed by atoms with Crippen LogP contribution < -0.4 is 5.43 Å². The van der Waals surface area contributed by atoms with Crippen LogP contribution in [0.5, 0.6) is 0 Å². The molecule has 0 saturated carbocycles. The van der Waals surface area contributed by atoms with Gasteiger partial charge in [-0.2, -0.15) is 9.41 Å². The van der Waals surface area contributed by atoms with Gasteiger partial charge in [0, 0.05) is 16.6 Å². The number of amides is 1. The van der Waals surface area contributed by atoms with Gasteiger partial charge in [-0.05, 0) is 53.9 Å². The Hall–Kier alpha value is -2.71. The molecule has 1 N–H and O–H groups in total. The van der Waals surface area contributed by atoms with Gasteiger partial charge in [0.05, 0.1) is 17.7 Å². The maximum Gasteiger partial charge on any atom is 0.255 e. The Morgan fingerprint density at radius 3 is 2.34 bits per heavy atom. The highest BCUT2D eigenvalue weighted by Gasteiger charge is 2.26. The maximum atomic E-state index is 13.2. The first kappa shape index (κ1) is 23.9. The van der Waals surface area contributed by atoms with Crippen LogP contribution in [0, 0.1) is 0 Å². The van der Waals surface area contributed by atoms with Crippen LogP contribution in [0.4, 0.5) is 0 Å². The number of carbonyl (C=O) groups is 1. The minimum absolute atomic E-state index is 0.0604. The number of rotatable bonds is 9. The fourth-order valence-corrected chi connectivity index (χ4v) is 4.62. The molecule has 3 aromatic carbocycles. The Labute approximate surface area is 197 Å². The Morgan fingerprint density at radius 1 is 0.938 bits per heavy atom. The van der Waals surface area contributed by atoms with Crippen molar-refractivity contribution < 1.29 is 13.2 Å². The van der Waals surface area contributed by atoms with E-state index in [0.717, 1.165) is 9.87 Å². The number of nitrogens with zero attached hydrogens (tertiary/aromatic N) is 2. The van der Waals surface area contributed by atoms with Gasteiger partial charge in [0.2, 0.25) is 10.0 Å². The molecule has 0 heterocycles. The molecule has 0 saturated heterocycles. The van der Waals surface area contributed by atoms with Gasteiger partial charge in [0.25, 0.3) is 5.91 Å². The van der Waals surface area contributed by atoms with Crippen molar-refractivity contribution >= 4 is 45.3 Å². The van der Waals surface area contributed by atoms with Gasteiger partial charge in [-0.25, -0.2) is 13.8 Å². The molecule has 0 radical (unpaired) electrons. The molecule has 0 aliphatic carbocycles. The third-order valence-corrected chi connectivity index (χ3v) is 6.86. The number of carbonyl (C=O) groups excluding carboxylic acids is 1. The molecular formula is C23H21Cl2N3O3S. The Balaban J connectivity index is 1.73. The van der Waals surface area contributed by atoms with Crippen molar-refractivity contribution in [3.05, 3.63) is 100 Å². The lowest BCUT2D eigenvalue weighted by Gasteiger charge is -2.21. The summed E-state index contributed by atoms with van der Waals surface area (Å²) in [6.07, 6.45) is 1.89. The summed E-state index contributed by atoms with van der Waals surface area (Å²) in [5.41, 5.74) is 4.03. The van der Waals surface area contributed by atoms with Crippen LogP contribution in [0.25, 0.3) is 0 Å². The minimum atomic E-state index is -3.92. The van der Waals surface area contributed by atoms with E-state index in [0.29, 0.717) is 22.0 Å². The van der Waals surface area contributed by atoms with Crippen molar-refractivity contribution in [2.45, 2.75) is 11.3 Å². The van der Waals surface area contributed by atoms with E-state index in [1.165, 1.54) is 30.5 Å². The molecule has 1 amide bonds. The van der Waals surface area contributed by atoms with E-state index < -0.39 is 15.9 Å². The molecule has 32 heavy (non-hydrogen) atoms. The lowest BCUT2D eigenvalue weighted by Crippen LogP contribution is -2.40. The zero-order valence-corrected chi connectivity index (χ0v) is 19.3. The maximum absolute atomic E-state index is 13.2. The topological polar surface area (TPSA) is 78.8 Å². The molecule has 0 atom stereocenters.